The number of ether oxygens (including phenoxy) is 2. The van der Waals surface area contributed by atoms with E-state index in [1.54, 1.807) is 12.1 Å². The van der Waals surface area contributed by atoms with Gasteiger partial charge in [-0.3, -0.25) is 4.90 Å². The molecule has 0 bridgehead atoms. The predicted octanol–water partition coefficient (Wildman–Crippen LogP) is 2.51. The van der Waals surface area contributed by atoms with Crippen molar-refractivity contribution in [3.05, 3.63) is 23.8 Å². The van der Waals surface area contributed by atoms with Gasteiger partial charge in [0.15, 0.2) is 11.5 Å². The monoisotopic (exact) mass is 322 g/mol. The third kappa shape index (κ3) is 5.30. The second-order valence-corrected chi connectivity index (χ2v) is 4.95. The number of nitrogens with one attached hydrogen (secondary N) is 1. The topological polar surface area (TPSA) is 33.7 Å². The van der Waals surface area contributed by atoms with Gasteiger partial charge in [0.2, 0.25) is 0 Å². The summed E-state index contributed by atoms with van der Waals surface area (Å²) in [7, 11) is 1.45. The van der Waals surface area contributed by atoms with Crippen LogP contribution in [0.3, 0.4) is 0 Å². The molecule has 7 heteroatoms. The average molecular weight is 323 g/mol. The SMILES string of the molecule is COc1cc(CN2CCN[C@@H](C)C2)ccc1OC(F)F.Cl. The molecule has 1 aromatic carbocycles. The molecule has 0 aliphatic carbocycles. The third-order valence-electron chi connectivity index (χ3n) is 3.30. The minimum absolute atomic E-state index is 0. The molecule has 1 heterocycles. The molecular weight excluding hydrogens is 302 g/mol. The van der Waals surface area contributed by atoms with Gasteiger partial charge in [-0.25, -0.2) is 0 Å². The van der Waals surface area contributed by atoms with E-state index < -0.39 is 6.61 Å². The van der Waals surface area contributed by atoms with Crippen LogP contribution in [-0.4, -0.2) is 44.3 Å². The number of benzene rings is 1. The van der Waals surface area contributed by atoms with Crippen LogP contribution in [0.1, 0.15) is 12.5 Å². The van der Waals surface area contributed by atoms with Gasteiger partial charge in [-0.05, 0) is 24.6 Å². The van der Waals surface area contributed by atoms with E-state index in [-0.39, 0.29) is 18.2 Å². The second kappa shape index (κ2) is 8.36. The van der Waals surface area contributed by atoms with Crippen LogP contribution in [0.15, 0.2) is 18.2 Å². The van der Waals surface area contributed by atoms with Gasteiger partial charge in [-0.1, -0.05) is 6.07 Å². The van der Waals surface area contributed by atoms with Gasteiger partial charge in [0.25, 0.3) is 0 Å². The van der Waals surface area contributed by atoms with Gasteiger partial charge >= 0.3 is 6.61 Å². The van der Waals surface area contributed by atoms with Gasteiger partial charge in [-0.15, -0.1) is 12.4 Å². The lowest BCUT2D eigenvalue weighted by atomic mass is 10.1. The maximum Gasteiger partial charge on any atom is 0.387 e. The van der Waals surface area contributed by atoms with Gasteiger partial charge < -0.3 is 14.8 Å². The summed E-state index contributed by atoms with van der Waals surface area (Å²) in [6.45, 7) is 2.98. The molecular formula is C14H21ClF2N2O2. The van der Waals surface area contributed by atoms with Crippen molar-refractivity contribution < 1.29 is 18.3 Å². The molecule has 2 rings (SSSR count). The zero-order valence-corrected chi connectivity index (χ0v) is 13.0. The molecule has 1 aliphatic heterocycles. The van der Waals surface area contributed by atoms with Crippen LogP contribution in [0.5, 0.6) is 11.5 Å². The summed E-state index contributed by atoms with van der Waals surface area (Å²) >= 11 is 0. The lowest BCUT2D eigenvalue weighted by Gasteiger charge is -2.31. The first kappa shape index (κ1) is 17.9. The van der Waals surface area contributed by atoms with E-state index in [9.17, 15) is 8.78 Å². The summed E-state index contributed by atoms with van der Waals surface area (Å²) in [6, 6.07) is 5.55. The van der Waals surface area contributed by atoms with Gasteiger partial charge in [0, 0.05) is 32.2 Å². The standard InChI is InChI=1S/C14H20F2N2O2.ClH/c1-10-8-18(6-5-17-10)9-11-3-4-12(20-14(15)16)13(7-11)19-2;/h3-4,7,10,14,17H,5-6,8-9H2,1-2H3;1H/t10-;/m0./s1. The molecule has 120 valence electrons. The molecule has 21 heavy (non-hydrogen) atoms. The van der Waals surface area contributed by atoms with E-state index in [4.69, 9.17) is 4.74 Å². The molecule has 0 radical (unpaired) electrons. The van der Waals surface area contributed by atoms with Crippen LogP contribution >= 0.6 is 12.4 Å². The Morgan fingerprint density at radius 2 is 2.14 bits per heavy atom. The van der Waals surface area contributed by atoms with E-state index in [0.29, 0.717) is 11.8 Å². The zero-order chi connectivity index (χ0) is 14.5. The molecule has 1 fully saturated rings. The van der Waals surface area contributed by atoms with Crippen molar-refractivity contribution in [1.82, 2.24) is 10.2 Å². The van der Waals surface area contributed by atoms with Crippen LogP contribution in [0.4, 0.5) is 8.78 Å². The van der Waals surface area contributed by atoms with Crippen LogP contribution in [0, 0.1) is 0 Å². The van der Waals surface area contributed by atoms with E-state index in [2.05, 4.69) is 21.9 Å². The van der Waals surface area contributed by atoms with Crippen LogP contribution in [-0.2, 0) is 6.54 Å². The number of methoxy groups -OCH3 is 1. The number of rotatable bonds is 5. The van der Waals surface area contributed by atoms with Crippen molar-refractivity contribution in [2.75, 3.05) is 26.7 Å². The second-order valence-electron chi connectivity index (χ2n) is 4.95. The van der Waals surface area contributed by atoms with Crippen molar-refractivity contribution >= 4 is 12.4 Å². The van der Waals surface area contributed by atoms with Crippen molar-refractivity contribution in [3.63, 3.8) is 0 Å². The Hall–Kier alpha value is -1.11. The lowest BCUT2D eigenvalue weighted by Crippen LogP contribution is -2.48. The van der Waals surface area contributed by atoms with Crippen molar-refractivity contribution in [1.29, 1.82) is 0 Å². The summed E-state index contributed by atoms with van der Waals surface area (Å²) in [4.78, 5) is 2.32. The number of hydrogen-bond acceptors (Lipinski definition) is 4. The van der Waals surface area contributed by atoms with Gasteiger partial charge in [0.1, 0.15) is 0 Å². The molecule has 1 atom stereocenters. The molecule has 1 aromatic rings. The smallest absolute Gasteiger partial charge is 0.387 e. The minimum atomic E-state index is -2.84. The molecule has 0 saturated carbocycles. The number of halogens is 3. The highest BCUT2D eigenvalue weighted by Gasteiger charge is 2.17. The fourth-order valence-electron chi connectivity index (χ4n) is 2.42. The number of piperazine rings is 1. The normalized spacial score (nSPS) is 19.2. The molecule has 0 spiro atoms. The quantitative estimate of drug-likeness (QED) is 0.903. The van der Waals surface area contributed by atoms with E-state index in [1.165, 1.54) is 13.2 Å². The average Bonchev–Trinajstić information content (AvgIpc) is 2.40. The summed E-state index contributed by atoms with van der Waals surface area (Å²) in [6.07, 6.45) is 0. The van der Waals surface area contributed by atoms with Crippen LogP contribution < -0.4 is 14.8 Å². The highest BCUT2D eigenvalue weighted by Crippen LogP contribution is 2.29. The molecule has 1 N–H and O–H groups in total. The van der Waals surface area contributed by atoms with Crippen molar-refractivity contribution in [3.8, 4) is 11.5 Å². The Kier molecular flexibility index (Phi) is 7.14. The molecule has 0 unspecified atom stereocenters. The fourth-order valence-corrected chi connectivity index (χ4v) is 2.42. The minimum Gasteiger partial charge on any atom is -0.493 e. The number of hydrogen-bond donors (Lipinski definition) is 1. The summed E-state index contributed by atoms with van der Waals surface area (Å²) < 4.78 is 34.0. The first-order valence-corrected chi connectivity index (χ1v) is 6.66. The predicted molar refractivity (Wildman–Crippen MR) is 79.6 cm³/mol. The summed E-state index contributed by atoms with van der Waals surface area (Å²) in [5.41, 5.74) is 1.03. The lowest BCUT2D eigenvalue weighted by molar-refractivity contribution is -0.0512. The number of nitrogens with zero attached hydrogens (tertiary/aromatic N) is 1. The molecule has 1 aliphatic rings. The highest BCUT2D eigenvalue weighted by molar-refractivity contribution is 5.85. The Morgan fingerprint density at radius 1 is 1.38 bits per heavy atom. The van der Waals surface area contributed by atoms with Gasteiger partial charge in [-0.2, -0.15) is 8.78 Å². The fraction of sp³-hybridized carbons (Fsp3) is 0.571. The molecule has 4 nitrogen and oxygen atoms in total. The van der Waals surface area contributed by atoms with Crippen molar-refractivity contribution in [2.24, 2.45) is 0 Å². The first-order chi connectivity index (χ1) is 9.58. The van der Waals surface area contributed by atoms with E-state index >= 15 is 0 Å². The number of alkyl halides is 2. The Labute approximate surface area is 129 Å². The van der Waals surface area contributed by atoms with E-state index in [1.807, 2.05) is 0 Å². The van der Waals surface area contributed by atoms with Crippen LogP contribution in [0.2, 0.25) is 0 Å². The van der Waals surface area contributed by atoms with Gasteiger partial charge in [0.05, 0.1) is 7.11 Å². The Bertz CT molecular complexity index is 449. The highest BCUT2D eigenvalue weighted by atomic mass is 35.5. The summed E-state index contributed by atoms with van der Waals surface area (Å²) in [5.74, 6) is 0.408. The summed E-state index contributed by atoms with van der Waals surface area (Å²) in [5, 5.41) is 3.38. The maximum absolute atomic E-state index is 12.3. The molecule has 0 aromatic heterocycles. The maximum atomic E-state index is 12.3. The third-order valence-corrected chi connectivity index (χ3v) is 3.30. The van der Waals surface area contributed by atoms with E-state index in [0.717, 1.165) is 31.7 Å². The Morgan fingerprint density at radius 3 is 2.76 bits per heavy atom. The Balaban J connectivity index is 0.00000220. The first-order valence-electron chi connectivity index (χ1n) is 6.66. The molecule has 0 amide bonds. The zero-order valence-electron chi connectivity index (χ0n) is 12.1. The van der Waals surface area contributed by atoms with Crippen molar-refractivity contribution in [2.45, 2.75) is 26.1 Å². The molecule has 1 saturated heterocycles. The largest absolute Gasteiger partial charge is 0.493 e. The van der Waals surface area contributed by atoms with Crippen LogP contribution in [0.25, 0.3) is 0 Å².